The van der Waals surface area contributed by atoms with Crippen molar-refractivity contribution >= 4 is 11.0 Å². The summed E-state index contributed by atoms with van der Waals surface area (Å²) in [6.45, 7) is 5.33. The summed E-state index contributed by atoms with van der Waals surface area (Å²) in [6.07, 6.45) is 1.20. The Kier molecular flexibility index (Phi) is 3.10. The zero-order chi connectivity index (χ0) is 12.5. The van der Waals surface area contributed by atoms with Crippen LogP contribution in [-0.2, 0) is 0 Å². The molecule has 0 radical (unpaired) electrons. The van der Waals surface area contributed by atoms with Gasteiger partial charge in [-0.2, -0.15) is 0 Å². The van der Waals surface area contributed by atoms with Crippen molar-refractivity contribution in [2.75, 3.05) is 26.7 Å². The van der Waals surface area contributed by atoms with E-state index in [9.17, 15) is 0 Å². The van der Waals surface area contributed by atoms with Crippen LogP contribution in [0, 0.1) is 6.92 Å². The Balaban J connectivity index is 1.93. The summed E-state index contributed by atoms with van der Waals surface area (Å²) in [6, 6.07) is 8.86. The van der Waals surface area contributed by atoms with E-state index in [1.807, 2.05) is 0 Å². The highest BCUT2D eigenvalue weighted by Crippen LogP contribution is 2.26. The Morgan fingerprint density at radius 2 is 2.22 bits per heavy atom. The highest BCUT2D eigenvalue weighted by molar-refractivity contribution is 5.78. The predicted octanol–water partition coefficient (Wildman–Crippen LogP) is 2.71. The van der Waals surface area contributed by atoms with Gasteiger partial charge in [0.2, 0.25) is 0 Å². The topological polar surface area (TPSA) is 28.4 Å². The van der Waals surface area contributed by atoms with Crippen molar-refractivity contribution in [2.45, 2.75) is 19.4 Å². The van der Waals surface area contributed by atoms with Gasteiger partial charge in [-0.3, -0.25) is 0 Å². The molecule has 1 N–H and O–H groups in total. The second-order valence-electron chi connectivity index (χ2n) is 5.31. The van der Waals surface area contributed by atoms with Crippen LogP contribution >= 0.6 is 0 Å². The SMILES string of the molecule is Cc1ccc2cc(C3CN(C)CCCN3)oc2c1. The van der Waals surface area contributed by atoms with E-state index in [2.05, 4.69) is 48.5 Å². The summed E-state index contributed by atoms with van der Waals surface area (Å²) in [5, 5.41) is 4.77. The monoisotopic (exact) mass is 244 g/mol. The molecule has 0 bridgehead atoms. The van der Waals surface area contributed by atoms with E-state index in [4.69, 9.17) is 4.42 Å². The molecule has 3 nitrogen and oxygen atoms in total. The van der Waals surface area contributed by atoms with Crippen molar-refractivity contribution in [2.24, 2.45) is 0 Å². The van der Waals surface area contributed by atoms with Crippen LogP contribution in [0.4, 0.5) is 0 Å². The highest BCUT2D eigenvalue weighted by atomic mass is 16.3. The summed E-state index contributed by atoms with van der Waals surface area (Å²) in [5.74, 6) is 1.06. The fraction of sp³-hybridized carbons (Fsp3) is 0.467. The van der Waals surface area contributed by atoms with E-state index in [0.717, 1.165) is 31.0 Å². The normalized spacial score (nSPS) is 22.2. The van der Waals surface area contributed by atoms with Gasteiger partial charge in [0.1, 0.15) is 11.3 Å². The van der Waals surface area contributed by atoms with E-state index in [1.54, 1.807) is 0 Å². The summed E-state index contributed by atoms with van der Waals surface area (Å²) >= 11 is 0. The van der Waals surface area contributed by atoms with Crippen LogP contribution in [-0.4, -0.2) is 31.6 Å². The molecule has 0 saturated carbocycles. The van der Waals surface area contributed by atoms with E-state index < -0.39 is 0 Å². The number of furan rings is 1. The van der Waals surface area contributed by atoms with Crippen LogP contribution in [0.3, 0.4) is 0 Å². The minimum atomic E-state index is 0.310. The van der Waals surface area contributed by atoms with Crippen LogP contribution in [0.15, 0.2) is 28.7 Å². The summed E-state index contributed by atoms with van der Waals surface area (Å²) in [7, 11) is 2.17. The van der Waals surface area contributed by atoms with Crippen molar-refractivity contribution < 1.29 is 4.42 Å². The molecular formula is C15H20N2O. The van der Waals surface area contributed by atoms with Gasteiger partial charge >= 0.3 is 0 Å². The molecular weight excluding hydrogens is 224 g/mol. The Hall–Kier alpha value is -1.32. The van der Waals surface area contributed by atoms with Gasteiger partial charge in [0.25, 0.3) is 0 Å². The number of fused-ring (bicyclic) bond motifs is 1. The zero-order valence-electron chi connectivity index (χ0n) is 11.1. The van der Waals surface area contributed by atoms with Gasteiger partial charge in [-0.25, -0.2) is 0 Å². The molecule has 1 aliphatic heterocycles. The van der Waals surface area contributed by atoms with Crippen molar-refractivity contribution in [3.8, 4) is 0 Å². The minimum Gasteiger partial charge on any atom is -0.459 e. The van der Waals surface area contributed by atoms with E-state index >= 15 is 0 Å². The Morgan fingerprint density at radius 3 is 3.11 bits per heavy atom. The van der Waals surface area contributed by atoms with Gasteiger partial charge in [-0.1, -0.05) is 12.1 Å². The molecule has 1 saturated heterocycles. The zero-order valence-corrected chi connectivity index (χ0v) is 11.1. The number of nitrogens with one attached hydrogen (secondary N) is 1. The molecule has 18 heavy (non-hydrogen) atoms. The second-order valence-corrected chi connectivity index (χ2v) is 5.31. The van der Waals surface area contributed by atoms with Crippen LogP contribution < -0.4 is 5.32 Å². The highest BCUT2D eigenvalue weighted by Gasteiger charge is 2.20. The maximum atomic E-state index is 6.00. The lowest BCUT2D eigenvalue weighted by molar-refractivity contribution is 0.308. The Labute approximate surface area is 108 Å². The third kappa shape index (κ3) is 2.28. The first kappa shape index (κ1) is 11.8. The standard InChI is InChI=1S/C15H20N2O/c1-11-4-5-12-9-15(18-14(12)8-11)13-10-17(2)7-3-6-16-13/h4-5,8-9,13,16H,3,6-7,10H2,1-2H3. The van der Waals surface area contributed by atoms with Gasteiger partial charge in [0.05, 0.1) is 6.04 Å². The average Bonchev–Trinajstić information content (AvgIpc) is 2.63. The second kappa shape index (κ2) is 4.75. The van der Waals surface area contributed by atoms with Crippen LogP contribution in [0.5, 0.6) is 0 Å². The molecule has 1 unspecified atom stereocenters. The van der Waals surface area contributed by atoms with Gasteiger partial charge in [-0.05, 0) is 51.2 Å². The van der Waals surface area contributed by atoms with Crippen molar-refractivity contribution in [3.05, 3.63) is 35.6 Å². The molecule has 0 amide bonds. The average molecular weight is 244 g/mol. The van der Waals surface area contributed by atoms with Crippen LogP contribution in [0.1, 0.15) is 23.8 Å². The first-order chi connectivity index (χ1) is 8.72. The lowest BCUT2D eigenvalue weighted by Crippen LogP contribution is -2.28. The maximum Gasteiger partial charge on any atom is 0.134 e. The molecule has 0 spiro atoms. The third-order valence-corrected chi connectivity index (χ3v) is 3.64. The molecule has 3 heteroatoms. The number of benzene rings is 1. The predicted molar refractivity (Wildman–Crippen MR) is 73.8 cm³/mol. The molecule has 1 aromatic heterocycles. The smallest absolute Gasteiger partial charge is 0.134 e. The number of rotatable bonds is 1. The van der Waals surface area contributed by atoms with Crippen LogP contribution in [0.2, 0.25) is 0 Å². The van der Waals surface area contributed by atoms with Gasteiger partial charge in [0, 0.05) is 11.9 Å². The van der Waals surface area contributed by atoms with Gasteiger partial charge in [-0.15, -0.1) is 0 Å². The number of hydrogen-bond acceptors (Lipinski definition) is 3. The largest absolute Gasteiger partial charge is 0.459 e. The molecule has 2 heterocycles. The van der Waals surface area contributed by atoms with Gasteiger partial charge in [0.15, 0.2) is 0 Å². The number of hydrogen-bond donors (Lipinski definition) is 1. The fourth-order valence-electron chi connectivity index (χ4n) is 2.61. The number of nitrogens with zero attached hydrogens (tertiary/aromatic N) is 1. The Bertz CT molecular complexity index is 546. The fourth-order valence-corrected chi connectivity index (χ4v) is 2.61. The van der Waals surface area contributed by atoms with Gasteiger partial charge < -0.3 is 14.6 Å². The van der Waals surface area contributed by atoms with E-state index in [0.29, 0.717) is 6.04 Å². The first-order valence-corrected chi connectivity index (χ1v) is 6.64. The van der Waals surface area contributed by atoms with Crippen LogP contribution in [0.25, 0.3) is 11.0 Å². The third-order valence-electron chi connectivity index (χ3n) is 3.64. The minimum absolute atomic E-state index is 0.310. The lowest BCUT2D eigenvalue weighted by Gasteiger charge is -2.18. The molecule has 1 atom stereocenters. The summed E-state index contributed by atoms with van der Waals surface area (Å²) in [5.41, 5.74) is 2.24. The number of aryl methyl sites for hydroxylation is 1. The molecule has 1 aromatic carbocycles. The summed E-state index contributed by atoms with van der Waals surface area (Å²) in [4.78, 5) is 2.36. The molecule has 1 fully saturated rings. The maximum absolute atomic E-state index is 6.00. The molecule has 2 aromatic rings. The van der Waals surface area contributed by atoms with Crippen molar-refractivity contribution in [3.63, 3.8) is 0 Å². The van der Waals surface area contributed by atoms with Crippen molar-refractivity contribution in [1.82, 2.24) is 10.2 Å². The van der Waals surface area contributed by atoms with E-state index in [1.165, 1.54) is 17.4 Å². The molecule has 96 valence electrons. The molecule has 3 rings (SSSR count). The van der Waals surface area contributed by atoms with Crippen molar-refractivity contribution in [1.29, 1.82) is 0 Å². The Morgan fingerprint density at radius 1 is 1.33 bits per heavy atom. The first-order valence-electron chi connectivity index (χ1n) is 6.64. The molecule has 1 aliphatic rings. The summed E-state index contributed by atoms with van der Waals surface area (Å²) < 4.78 is 6.00. The molecule has 0 aliphatic carbocycles. The van der Waals surface area contributed by atoms with E-state index in [-0.39, 0.29) is 0 Å². The number of likely N-dealkylation sites (N-methyl/N-ethyl adjacent to an activating group) is 1. The quantitative estimate of drug-likeness (QED) is 0.836. The lowest BCUT2D eigenvalue weighted by atomic mass is 10.1.